The molecule has 2 heterocycles. The van der Waals surface area contributed by atoms with Crippen molar-refractivity contribution in [3.8, 4) is 0 Å². The van der Waals surface area contributed by atoms with E-state index < -0.39 is 12.1 Å². The second kappa shape index (κ2) is 5.76. The van der Waals surface area contributed by atoms with E-state index in [0.717, 1.165) is 5.56 Å². The van der Waals surface area contributed by atoms with Gasteiger partial charge in [0.15, 0.2) is 11.5 Å². The Morgan fingerprint density at radius 3 is 3.06 bits per heavy atom. The Kier molecular flexibility index (Phi) is 4.08. The highest BCUT2D eigenvalue weighted by Crippen LogP contribution is 2.15. The fourth-order valence-corrected chi connectivity index (χ4v) is 2.12. The monoisotopic (exact) mass is 268 g/mol. The lowest BCUT2D eigenvalue weighted by atomic mass is 10.2. The molecule has 0 radical (unpaired) electrons. The van der Waals surface area contributed by atoms with E-state index in [9.17, 15) is 9.90 Å². The molecule has 0 bridgehead atoms. The van der Waals surface area contributed by atoms with Gasteiger partial charge in [0.2, 0.25) is 0 Å². The van der Waals surface area contributed by atoms with Crippen LogP contribution in [0.1, 0.15) is 27.9 Å². The normalized spacial score (nSPS) is 12.5. The summed E-state index contributed by atoms with van der Waals surface area (Å²) >= 11 is 1.52. The van der Waals surface area contributed by atoms with Crippen molar-refractivity contribution in [3.05, 3.63) is 39.9 Å². The third kappa shape index (κ3) is 3.16. The number of aliphatic hydroxyl groups is 1. The van der Waals surface area contributed by atoms with Crippen LogP contribution in [0.4, 0.5) is 0 Å². The molecular formula is C11H12N2O4S. The maximum Gasteiger partial charge on any atom is 0.358 e. The van der Waals surface area contributed by atoms with Gasteiger partial charge in [-0.3, -0.25) is 0 Å². The second-order valence-electron chi connectivity index (χ2n) is 3.69. The third-order valence-electron chi connectivity index (χ3n) is 2.34. The second-order valence-corrected chi connectivity index (χ2v) is 4.47. The van der Waals surface area contributed by atoms with E-state index in [4.69, 9.17) is 9.63 Å². The van der Waals surface area contributed by atoms with Crippen LogP contribution in [-0.4, -0.2) is 27.9 Å². The molecular weight excluding hydrogens is 256 g/mol. The lowest BCUT2D eigenvalue weighted by Crippen LogP contribution is -2.20. The van der Waals surface area contributed by atoms with Gasteiger partial charge in [-0.05, 0) is 22.4 Å². The third-order valence-corrected chi connectivity index (χ3v) is 3.04. The van der Waals surface area contributed by atoms with E-state index in [1.165, 1.54) is 17.4 Å². The van der Waals surface area contributed by atoms with Crippen molar-refractivity contribution in [2.45, 2.75) is 12.6 Å². The molecule has 1 unspecified atom stereocenters. The molecule has 0 aliphatic rings. The average molecular weight is 268 g/mol. The largest absolute Gasteiger partial charge is 0.476 e. The van der Waals surface area contributed by atoms with Crippen LogP contribution in [-0.2, 0) is 6.54 Å². The molecule has 18 heavy (non-hydrogen) atoms. The number of aliphatic hydroxyl groups excluding tert-OH is 1. The van der Waals surface area contributed by atoms with Crippen LogP contribution in [0.25, 0.3) is 0 Å². The van der Waals surface area contributed by atoms with Crippen molar-refractivity contribution < 1.29 is 19.5 Å². The summed E-state index contributed by atoms with van der Waals surface area (Å²) in [6.45, 7) is 0.682. The molecule has 2 aromatic heterocycles. The van der Waals surface area contributed by atoms with Gasteiger partial charge >= 0.3 is 5.97 Å². The molecule has 0 amide bonds. The highest BCUT2D eigenvalue weighted by Gasteiger charge is 2.11. The van der Waals surface area contributed by atoms with Crippen LogP contribution in [0.2, 0.25) is 0 Å². The topological polar surface area (TPSA) is 95.6 Å². The number of thiophene rings is 1. The Hall–Kier alpha value is -1.70. The molecule has 2 rings (SSSR count). The lowest BCUT2D eigenvalue weighted by molar-refractivity contribution is 0.0685. The standard InChI is InChI=1S/C11H12N2O4S/c14-10(7-1-2-18-6-7)5-12-4-8-3-9(11(15)16)13-17-8/h1-3,6,10,12,14H,4-5H2,(H,15,16). The number of hydrogen-bond acceptors (Lipinski definition) is 6. The number of aromatic carboxylic acids is 1. The number of rotatable bonds is 6. The first-order valence-corrected chi connectivity index (χ1v) is 6.21. The highest BCUT2D eigenvalue weighted by atomic mass is 32.1. The Bertz CT molecular complexity index is 509. The van der Waals surface area contributed by atoms with Crippen LogP contribution >= 0.6 is 11.3 Å². The highest BCUT2D eigenvalue weighted by molar-refractivity contribution is 7.07. The smallest absolute Gasteiger partial charge is 0.358 e. The first kappa shape index (κ1) is 12.7. The minimum absolute atomic E-state index is 0.120. The summed E-state index contributed by atoms with van der Waals surface area (Å²) in [4.78, 5) is 10.6. The number of carboxylic acid groups (broad SMARTS) is 1. The average Bonchev–Trinajstić information content (AvgIpc) is 3.00. The summed E-state index contributed by atoms with van der Waals surface area (Å²) in [5.74, 6) is -0.701. The molecule has 1 atom stereocenters. The minimum Gasteiger partial charge on any atom is -0.476 e. The SMILES string of the molecule is O=C(O)c1cc(CNCC(O)c2ccsc2)on1. The van der Waals surface area contributed by atoms with Crippen molar-refractivity contribution in [3.63, 3.8) is 0 Å². The summed E-state index contributed by atoms with van der Waals surface area (Å²) in [6.07, 6.45) is -0.585. The van der Waals surface area contributed by atoms with E-state index in [2.05, 4.69) is 10.5 Å². The zero-order valence-electron chi connectivity index (χ0n) is 9.37. The van der Waals surface area contributed by atoms with Gasteiger partial charge in [0.25, 0.3) is 0 Å². The van der Waals surface area contributed by atoms with Gasteiger partial charge in [0, 0.05) is 12.6 Å². The van der Waals surface area contributed by atoms with Gasteiger partial charge in [-0.25, -0.2) is 4.79 Å². The van der Waals surface area contributed by atoms with Gasteiger partial charge in [-0.15, -0.1) is 0 Å². The minimum atomic E-state index is -1.12. The molecule has 96 valence electrons. The van der Waals surface area contributed by atoms with Crippen LogP contribution in [0.5, 0.6) is 0 Å². The van der Waals surface area contributed by atoms with Crippen molar-refractivity contribution in [1.82, 2.24) is 10.5 Å². The van der Waals surface area contributed by atoms with E-state index in [1.54, 1.807) is 0 Å². The Labute approximate surface area is 107 Å². The number of aromatic nitrogens is 1. The summed E-state index contributed by atoms with van der Waals surface area (Å²) in [5.41, 5.74) is 0.737. The van der Waals surface area contributed by atoms with Gasteiger partial charge in [-0.1, -0.05) is 5.16 Å². The number of nitrogens with one attached hydrogen (secondary N) is 1. The maximum absolute atomic E-state index is 10.6. The van der Waals surface area contributed by atoms with Gasteiger partial charge in [-0.2, -0.15) is 11.3 Å². The summed E-state index contributed by atoms with van der Waals surface area (Å²) in [6, 6.07) is 3.21. The number of hydrogen-bond donors (Lipinski definition) is 3. The molecule has 0 fully saturated rings. The quantitative estimate of drug-likeness (QED) is 0.730. The van der Waals surface area contributed by atoms with E-state index in [-0.39, 0.29) is 5.69 Å². The Morgan fingerprint density at radius 2 is 2.44 bits per heavy atom. The van der Waals surface area contributed by atoms with Crippen molar-refractivity contribution in [2.75, 3.05) is 6.54 Å². The van der Waals surface area contributed by atoms with Crippen molar-refractivity contribution in [2.24, 2.45) is 0 Å². The Balaban J connectivity index is 1.79. The lowest BCUT2D eigenvalue weighted by Gasteiger charge is -2.08. The molecule has 7 heteroatoms. The van der Waals surface area contributed by atoms with Crippen LogP contribution in [0.15, 0.2) is 27.4 Å². The predicted octanol–water partition coefficient (Wildman–Crippen LogP) is 1.26. The summed E-state index contributed by atoms with van der Waals surface area (Å²) in [7, 11) is 0. The molecule has 0 aromatic carbocycles. The summed E-state index contributed by atoms with van der Waals surface area (Å²) < 4.78 is 4.83. The zero-order chi connectivity index (χ0) is 13.0. The van der Waals surface area contributed by atoms with E-state index in [1.807, 2.05) is 16.8 Å². The van der Waals surface area contributed by atoms with Gasteiger partial charge in [0.05, 0.1) is 12.6 Å². The molecule has 2 aromatic rings. The molecule has 6 nitrogen and oxygen atoms in total. The first-order chi connectivity index (χ1) is 8.66. The number of carbonyl (C=O) groups is 1. The first-order valence-electron chi connectivity index (χ1n) is 5.26. The van der Waals surface area contributed by atoms with E-state index in [0.29, 0.717) is 18.8 Å². The summed E-state index contributed by atoms with van der Waals surface area (Å²) in [5, 5.41) is 28.6. The fraction of sp³-hybridized carbons (Fsp3) is 0.273. The molecule has 0 saturated heterocycles. The van der Waals surface area contributed by atoms with Crippen LogP contribution < -0.4 is 5.32 Å². The molecule has 0 aliphatic heterocycles. The van der Waals surface area contributed by atoms with Crippen LogP contribution in [0.3, 0.4) is 0 Å². The number of nitrogens with zero attached hydrogens (tertiary/aromatic N) is 1. The van der Waals surface area contributed by atoms with Crippen LogP contribution in [0, 0.1) is 0 Å². The zero-order valence-corrected chi connectivity index (χ0v) is 10.2. The van der Waals surface area contributed by atoms with Crippen molar-refractivity contribution in [1.29, 1.82) is 0 Å². The molecule has 0 saturated carbocycles. The maximum atomic E-state index is 10.6. The molecule has 0 spiro atoms. The van der Waals surface area contributed by atoms with Crippen molar-refractivity contribution >= 4 is 17.3 Å². The fourth-order valence-electron chi connectivity index (χ4n) is 1.41. The molecule has 3 N–H and O–H groups in total. The van der Waals surface area contributed by atoms with Gasteiger partial charge < -0.3 is 20.1 Å². The Morgan fingerprint density at radius 1 is 1.61 bits per heavy atom. The van der Waals surface area contributed by atoms with Gasteiger partial charge in [0.1, 0.15) is 0 Å². The molecule has 0 aliphatic carbocycles. The predicted molar refractivity (Wildman–Crippen MR) is 64.4 cm³/mol. The number of carboxylic acids is 1. The van der Waals surface area contributed by atoms with E-state index >= 15 is 0 Å².